The van der Waals surface area contributed by atoms with Crippen molar-refractivity contribution in [1.82, 2.24) is 4.90 Å². The Morgan fingerprint density at radius 1 is 1.14 bits per heavy atom. The van der Waals surface area contributed by atoms with Crippen molar-refractivity contribution in [3.05, 3.63) is 0 Å². The summed E-state index contributed by atoms with van der Waals surface area (Å²) >= 11 is 0. The molecular weight excluding hydrogens is 174 g/mol. The molecule has 2 heteroatoms. The first-order chi connectivity index (χ1) is 6.81. The smallest absolute Gasteiger partial charge is 0.0462 e. The van der Waals surface area contributed by atoms with Crippen molar-refractivity contribution < 1.29 is 5.11 Å². The third-order valence-corrected chi connectivity index (χ3v) is 4.16. The van der Waals surface area contributed by atoms with Crippen LogP contribution in [0.25, 0.3) is 0 Å². The molecule has 1 heterocycles. The molecule has 2 rings (SSSR count). The zero-order valence-corrected chi connectivity index (χ0v) is 9.28. The Bertz CT molecular complexity index is 177. The zero-order chi connectivity index (χ0) is 9.97. The summed E-state index contributed by atoms with van der Waals surface area (Å²) in [5.74, 6) is 1.30. The maximum Gasteiger partial charge on any atom is 0.0462 e. The number of nitrogens with zero attached hydrogens (tertiary/aromatic N) is 1. The van der Waals surface area contributed by atoms with E-state index in [4.69, 9.17) is 0 Å². The summed E-state index contributed by atoms with van der Waals surface area (Å²) in [5, 5.41) is 9.23. The minimum Gasteiger partial charge on any atom is -0.396 e. The van der Waals surface area contributed by atoms with Crippen molar-refractivity contribution in [3.63, 3.8) is 0 Å². The van der Waals surface area contributed by atoms with E-state index in [2.05, 4.69) is 11.8 Å². The standard InChI is InChI=1S/C12H23NO/c1-10-7-12(8-11(10)9-14)13-5-3-2-4-6-13/h10-12,14H,2-9H2,1H3/t10-,11+,12?/m0/s1. The van der Waals surface area contributed by atoms with Crippen LogP contribution in [0.15, 0.2) is 0 Å². The van der Waals surface area contributed by atoms with E-state index in [1.165, 1.54) is 45.2 Å². The highest BCUT2D eigenvalue weighted by Crippen LogP contribution is 2.35. The molecule has 0 aromatic heterocycles. The van der Waals surface area contributed by atoms with Gasteiger partial charge in [-0.25, -0.2) is 0 Å². The van der Waals surface area contributed by atoms with Crippen LogP contribution in [0, 0.1) is 11.8 Å². The van der Waals surface area contributed by atoms with Gasteiger partial charge in [-0.1, -0.05) is 13.3 Å². The Morgan fingerprint density at radius 2 is 1.86 bits per heavy atom. The highest BCUT2D eigenvalue weighted by atomic mass is 16.3. The summed E-state index contributed by atoms with van der Waals surface area (Å²) in [5.41, 5.74) is 0. The molecule has 1 saturated heterocycles. The summed E-state index contributed by atoms with van der Waals surface area (Å²) in [6.45, 7) is 5.29. The molecule has 0 aromatic rings. The highest BCUT2D eigenvalue weighted by Gasteiger charge is 2.34. The van der Waals surface area contributed by atoms with Gasteiger partial charge in [0.2, 0.25) is 0 Å². The topological polar surface area (TPSA) is 23.5 Å². The van der Waals surface area contributed by atoms with E-state index in [1.54, 1.807) is 0 Å². The fourth-order valence-electron chi connectivity index (χ4n) is 3.14. The molecule has 1 N–H and O–H groups in total. The predicted molar refractivity (Wildman–Crippen MR) is 58.2 cm³/mol. The number of piperidine rings is 1. The van der Waals surface area contributed by atoms with Gasteiger partial charge in [-0.2, -0.15) is 0 Å². The van der Waals surface area contributed by atoms with E-state index < -0.39 is 0 Å². The third kappa shape index (κ3) is 2.12. The van der Waals surface area contributed by atoms with Crippen LogP contribution in [-0.2, 0) is 0 Å². The fourth-order valence-corrected chi connectivity index (χ4v) is 3.14. The van der Waals surface area contributed by atoms with E-state index in [0.717, 1.165) is 12.0 Å². The Kier molecular flexibility index (Phi) is 3.45. The molecule has 0 amide bonds. The van der Waals surface area contributed by atoms with Gasteiger partial charge >= 0.3 is 0 Å². The van der Waals surface area contributed by atoms with Crippen molar-refractivity contribution in [2.75, 3.05) is 19.7 Å². The van der Waals surface area contributed by atoms with Gasteiger partial charge in [0, 0.05) is 12.6 Å². The van der Waals surface area contributed by atoms with Crippen LogP contribution in [0.3, 0.4) is 0 Å². The lowest BCUT2D eigenvalue weighted by atomic mass is 10.00. The average Bonchev–Trinajstić information content (AvgIpc) is 2.61. The predicted octanol–water partition coefficient (Wildman–Crippen LogP) is 1.88. The first-order valence-electron chi connectivity index (χ1n) is 6.16. The first kappa shape index (κ1) is 10.4. The number of hydrogen-bond donors (Lipinski definition) is 1. The summed E-state index contributed by atoms with van der Waals surface area (Å²) < 4.78 is 0. The molecule has 2 fully saturated rings. The SMILES string of the molecule is C[C@H]1CC(N2CCCCC2)C[C@@H]1CO. The molecule has 0 bridgehead atoms. The normalized spacial score (nSPS) is 40.3. The lowest BCUT2D eigenvalue weighted by Crippen LogP contribution is -2.37. The first-order valence-corrected chi connectivity index (χ1v) is 6.16. The van der Waals surface area contributed by atoms with Gasteiger partial charge in [-0.3, -0.25) is 0 Å². The summed E-state index contributed by atoms with van der Waals surface area (Å²) in [7, 11) is 0. The molecule has 0 spiro atoms. The molecule has 1 saturated carbocycles. The molecule has 82 valence electrons. The zero-order valence-electron chi connectivity index (χ0n) is 9.28. The lowest BCUT2D eigenvalue weighted by molar-refractivity contribution is 0.154. The van der Waals surface area contributed by atoms with Crippen molar-refractivity contribution in [3.8, 4) is 0 Å². The molecule has 1 aliphatic carbocycles. The molecule has 1 unspecified atom stereocenters. The van der Waals surface area contributed by atoms with E-state index in [1.807, 2.05) is 0 Å². The lowest BCUT2D eigenvalue weighted by Gasteiger charge is -2.32. The average molecular weight is 197 g/mol. The number of aliphatic hydroxyl groups excluding tert-OH is 1. The second-order valence-electron chi connectivity index (χ2n) is 5.14. The van der Waals surface area contributed by atoms with Gasteiger partial charge in [0.1, 0.15) is 0 Å². The third-order valence-electron chi connectivity index (χ3n) is 4.16. The molecular formula is C12H23NO. The van der Waals surface area contributed by atoms with Crippen molar-refractivity contribution in [1.29, 1.82) is 0 Å². The molecule has 0 radical (unpaired) electrons. The Morgan fingerprint density at radius 3 is 2.43 bits per heavy atom. The molecule has 2 nitrogen and oxygen atoms in total. The van der Waals surface area contributed by atoms with Gasteiger partial charge in [-0.05, 0) is 50.6 Å². The van der Waals surface area contributed by atoms with E-state index in [0.29, 0.717) is 12.5 Å². The number of aliphatic hydroxyl groups is 1. The quantitative estimate of drug-likeness (QED) is 0.730. The van der Waals surface area contributed by atoms with Crippen LogP contribution in [-0.4, -0.2) is 35.7 Å². The Labute approximate surface area is 87.3 Å². The van der Waals surface area contributed by atoms with Crippen molar-refractivity contribution in [2.24, 2.45) is 11.8 Å². The largest absolute Gasteiger partial charge is 0.396 e. The van der Waals surface area contributed by atoms with Gasteiger partial charge in [-0.15, -0.1) is 0 Å². The van der Waals surface area contributed by atoms with Crippen LogP contribution >= 0.6 is 0 Å². The van der Waals surface area contributed by atoms with Crippen LogP contribution in [0.5, 0.6) is 0 Å². The van der Waals surface area contributed by atoms with E-state index >= 15 is 0 Å². The monoisotopic (exact) mass is 197 g/mol. The fraction of sp³-hybridized carbons (Fsp3) is 1.00. The molecule has 0 aromatic carbocycles. The number of hydrogen-bond acceptors (Lipinski definition) is 2. The summed E-state index contributed by atoms with van der Waals surface area (Å²) in [4.78, 5) is 2.66. The van der Waals surface area contributed by atoms with Crippen molar-refractivity contribution in [2.45, 2.75) is 45.1 Å². The van der Waals surface area contributed by atoms with E-state index in [-0.39, 0.29) is 0 Å². The minimum atomic E-state index is 0.394. The molecule has 3 atom stereocenters. The molecule has 14 heavy (non-hydrogen) atoms. The number of rotatable bonds is 2. The highest BCUT2D eigenvalue weighted by molar-refractivity contribution is 4.87. The minimum absolute atomic E-state index is 0.394. The van der Waals surface area contributed by atoms with E-state index in [9.17, 15) is 5.11 Å². The summed E-state index contributed by atoms with van der Waals surface area (Å²) in [6, 6.07) is 0.780. The number of likely N-dealkylation sites (tertiary alicyclic amines) is 1. The molecule has 2 aliphatic rings. The van der Waals surface area contributed by atoms with Gasteiger partial charge in [0.05, 0.1) is 0 Å². The van der Waals surface area contributed by atoms with Gasteiger partial charge in [0.15, 0.2) is 0 Å². The Hall–Kier alpha value is -0.0800. The van der Waals surface area contributed by atoms with Crippen LogP contribution in [0.4, 0.5) is 0 Å². The van der Waals surface area contributed by atoms with Crippen molar-refractivity contribution >= 4 is 0 Å². The second kappa shape index (κ2) is 4.63. The van der Waals surface area contributed by atoms with Gasteiger partial charge in [0.25, 0.3) is 0 Å². The van der Waals surface area contributed by atoms with Crippen LogP contribution in [0.2, 0.25) is 0 Å². The van der Waals surface area contributed by atoms with Gasteiger partial charge < -0.3 is 10.0 Å². The van der Waals surface area contributed by atoms with Crippen LogP contribution in [0.1, 0.15) is 39.0 Å². The maximum absolute atomic E-state index is 9.23. The molecule has 1 aliphatic heterocycles. The maximum atomic E-state index is 9.23. The Balaban J connectivity index is 1.86. The second-order valence-corrected chi connectivity index (χ2v) is 5.14. The van der Waals surface area contributed by atoms with Crippen LogP contribution < -0.4 is 0 Å². The summed E-state index contributed by atoms with van der Waals surface area (Å²) in [6.07, 6.45) is 6.73.